The Morgan fingerprint density at radius 3 is 2.53 bits per heavy atom. The Labute approximate surface area is 185 Å². The monoisotopic (exact) mass is 540 g/mol. The van der Waals surface area contributed by atoms with Crippen molar-refractivity contribution in [3.63, 3.8) is 0 Å². The Balaban J connectivity index is 1.63. The van der Waals surface area contributed by atoms with E-state index in [0.29, 0.717) is 0 Å². The van der Waals surface area contributed by atoms with Gasteiger partial charge in [0.2, 0.25) is 5.72 Å². The molecular weight excluding hydrogens is 521 g/mol. The molecule has 182 valence electrons. The van der Waals surface area contributed by atoms with E-state index in [1.807, 2.05) is 0 Å². The van der Waals surface area contributed by atoms with Crippen LogP contribution in [-0.2, 0) is 31.6 Å². The quantitative estimate of drug-likeness (QED) is 0.138. The summed E-state index contributed by atoms with van der Waals surface area (Å²) < 4.78 is 51.2. The molecule has 7 atom stereocenters. The lowest BCUT2D eigenvalue weighted by Crippen LogP contribution is -2.49. The molecule has 0 aromatic carbocycles. The Morgan fingerprint density at radius 1 is 1.25 bits per heavy atom. The van der Waals surface area contributed by atoms with Gasteiger partial charge in [-0.3, -0.25) is 9.52 Å². The second-order valence-corrected chi connectivity index (χ2v) is 11.8. The largest absolute Gasteiger partial charge is 0.490 e. The number of phosphoric acid groups is 3. The minimum absolute atomic E-state index is 0.0231. The Hall–Kier alpha value is -0.550. The summed E-state index contributed by atoms with van der Waals surface area (Å²) in [4.78, 5) is 49.2. The van der Waals surface area contributed by atoms with Crippen LogP contribution in [0.5, 0.6) is 0 Å². The average molecular weight is 540 g/mol. The lowest BCUT2D eigenvalue weighted by molar-refractivity contribution is -0.0547. The van der Waals surface area contributed by atoms with Crippen LogP contribution in [0.4, 0.5) is 0 Å². The van der Waals surface area contributed by atoms with Crippen LogP contribution < -0.4 is 0 Å². The molecule has 0 aromatic rings. The highest BCUT2D eigenvalue weighted by atomic mass is 32.1. The maximum absolute atomic E-state index is 11.9. The number of ether oxygens (including phenoxy) is 1. The highest BCUT2D eigenvalue weighted by Crippen LogP contribution is 2.66. The number of hydrogen-bond donors (Lipinski definition) is 7. The maximum Gasteiger partial charge on any atom is 0.490 e. The van der Waals surface area contributed by atoms with Gasteiger partial charge in [0.15, 0.2) is 5.84 Å². The molecule has 0 aliphatic carbocycles. The molecule has 0 aromatic heterocycles. The first-order valence-corrected chi connectivity index (χ1v) is 13.5. The topological polar surface area (TPSA) is 250 Å². The molecule has 1 fully saturated rings. The molecule has 3 aliphatic rings. The first-order valence-electron chi connectivity index (χ1n) is 8.47. The normalized spacial score (nSPS) is 36.3. The van der Waals surface area contributed by atoms with Crippen LogP contribution in [0.15, 0.2) is 15.0 Å². The molecule has 21 heteroatoms. The Bertz CT molecular complexity index is 998. The van der Waals surface area contributed by atoms with E-state index < -0.39 is 59.5 Å². The molecule has 0 bridgehead atoms. The van der Waals surface area contributed by atoms with E-state index in [9.17, 15) is 28.8 Å². The van der Waals surface area contributed by atoms with Crippen LogP contribution in [0.2, 0.25) is 0 Å². The van der Waals surface area contributed by atoms with E-state index in [2.05, 4.69) is 40.8 Å². The van der Waals surface area contributed by atoms with Gasteiger partial charge >= 0.3 is 23.5 Å². The first-order chi connectivity index (χ1) is 14.5. The first kappa shape index (κ1) is 26.1. The summed E-state index contributed by atoms with van der Waals surface area (Å²) in [7, 11) is -16.6. The van der Waals surface area contributed by atoms with E-state index in [1.54, 1.807) is 0 Å². The molecule has 1 saturated heterocycles. The molecular formula is C11H19N4O13P3S. The third-order valence-corrected chi connectivity index (χ3v) is 8.63. The fraction of sp³-hybridized carbons (Fsp3) is 0.727. The van der Waals surface area contributed by atoms with E-state index in [1.165, 1.54) is 11.8 Å². The fourth-order valence-electron chi connectivity index (χ4n) is 2.97. The van der Waals surface area contributed by atoms with E-state index in [0.717, 1.165) is 6.34 Å². The lowest BCUT2D eigenvalue weighted by Gasteiger charge is -2.30. The lowest BCUT2D eigenvalue weighted by atomic mass is 10.1. The SMILES string of the molecule is CC1(O)N=CN=C2C1=NCN2[C@@H]1O[C@H](COP(=O)(O)OP(=O)(O)OP(=O)(O)O)[C@@H](O)[C@H]1S. The second kappa shape index (κ2) is 8.91. The predicted octanol–water partition coefficient (Wildman–Crippen LogP) is -1.42. The van der Waals surface area contributed by atoms with Crippen LogP contribution >= 0.6 is 36.1 Å². The van der Waals surface area contributed by atoms with Gasteiger partial charge in [-0.05, 0) is 6.92 Å². The van der Waals surface area contributed by atoms with Gasteiger partial charge in [0.25, 0.3) is 0 Å². The third-order valence-electron chi connectivity index (χ3n) is 4.27. The van der Waals surface area contributed by atoms with Gasteiger partial charge in [-0.25, -0.2) is 23.7 Å². The van der Waals surface area contributed by atoms with Crippen molar-refractivity contribution < 1.29 is 61.4 Å². The summed E-state index contributed by atoms with van der Waals surface area (Å²) in [5.41, 5.74) is -1.46. The zero-order valence-electron chi connectivity index (χ0n) is 15.9. The smallest absolute Gasteiger partial charge is 0.389 e. The summed E-state index contributed by atoms with van der Waals surface area (Å²) in [5, 5.41) is 19.7. The summed E-state index contributed by atoms with van der Waals surface area (Å²) >= 11 is 4.27. The van der Waals surface area contributed by atoms with Gasteiger partial charge in [0.1, 0.15) is 31.1 Å². The number of aliphatic hydroxyl groups excluding tert-OH is 1. The standard InChI is InChI=1S/C11H19N4O13P3S/c1-11(17)8-9(12-3-14-11)15(4-13-8)10-7(32)6(16)5(26-10)2-25-30(21,22)28-31(23,24)27-29(18,19)20/h3,5-7,10,16-17,32H,2,4H2,1H3,(H,21,22)(H,23,24)(H2,18,19,20)/t5-,6-,7-,10-,11?/m1/s1. The van der Waals surface area contributed by atoms with Crippen molar-refractivity contribution in [2.45, 2.75) is 36.3 Å². The molecule has 0 spiro atoms. The van der Waals surface area contributed by atoms with Crippen molar-refractivity contribution in [1.82, 2.24) is 4.90 Å². The van der Waals surface area contributed by atoms with Gasteiger partial charge in [0.05, 0.1) is 18.0 Å². The third kappa shape index (κ3) is 5.92. The van der Waals surface area contributed by atoms with Gasteiger partial charge in [0, 0.05) is 0 Å². The van der Waals surface area contributed by atoms with E-state index in [-0.39, 0.29) is 18.2 Å². The van der Waals surface area contributed by atoms with Crippen LogP contribution in [0.3, 0.4) is 0 Å². The number of rotatable bonds is 8. The fourth-order valence-corrected chi connectivity index (χ4v) is 6.42. The molecule has 3 unspecified atom stereocenters. The number of fused-ring (bicyclic) bond motifs is 1. The second-order valence-electron chi connectivity index (χ2n) is 6.77. The van der Waals surface area contributed by atoms with Gasteiger partial charge in [-0.1, -0.05) is 0 Å². The molecule has 3 rings (SSSR count). The van der Waals surface area contributed by atoms with Crippen LogP contribution in [-0.4, -0.2) is 95.3 Å². The molecule has 17 nitrogen and oxygen atoms in total. The summed E-state index contributed by atoms with van der Waals surface area (Å²) in [5.74, 6) is 0.217. The highest BCUT2D eigenvalue weighted by Gasteiger charge is 2.50. The molecule has 32 heavy (non-hydrogen) atoms. The van der Waals surface area contributed by atoms with Crippen molar-refractivity contribution in [3.8, 4) is 0 Å². The maximum atomic E-state index is 11.9. The van der Waals surface area contributed by atoms with Crippen molar-refractivity contribution in [3.05, 3.63) is 0 Å². The van der Waals surface area contributed by atoms with Gasteiger partial charge < -0.3 is 39.4 Å². The zero-order chi connectivity index (χ0) is 24.1. The van der Waals surface area contributed by atoms with Gasteiger partial charge in [-0.15, -0.1) is 0 Å². The van der Waals surface area contributed by atoms with E-state index >= 15 is 0 Å². The molecule has 6 N–H and O–H groups in total. The average Bonchev–Trinajstić information content (AvgIpc) is 3.13. The molecule has 0 amide bonds. The minimum Gasteiger partial charge on any atom is -0.389 e. The number of hydrogen-bond acceptors (Lipinski definition) is 14. The molecule has 3 heterocycles. The highest BCUT2D eigenvalue weighted by molar-refractivity contribution is 7.81. The van der Waals surface area contributed by atoms with Crippen LogP contribution in [0, 0.1) is 0 Å². The number of nitrogens with zero attached hydrogens (tertiary/aromatic N) is 4. The number of phosphoric ester groups is 1. The summed E-state index contributed by atoms with van der Waals surface area (Å²) in [6.45, 7) is 0.519. The van der Waals surface area contributed by atoms with Crippen LogP contribution in [0.1, 0.15) is 6.92 Å². The van der Waals surface area contributed by atoms with Crippen molar-refractivity contribution in [2.24, 2.45) is 15.0 Å². The summed E-state index contributed by atoms with van der Waals surface area (Å²) in [6, 6.07) is 0. The zero-order valence-corrected chi connectivity index (χ0v) is 19.5. The molecule has 0 radical (unpaired) electrons. The van der Waals surface area contributed by atoms with E-state index in [4.69, 9.17) is 19.4 Å². The Morgan fingerprint density at radius 2 is 1.91 bits per heavy atom. The number of thiol groups is 1. The van der Waals surface area contributed by atoms with Crippen molar-refractivity contribution in [1.29, 1.82) is 0 Å². The molecule has 0 saturated carbocycles. The number of amidine groups is 1. The predicted molar refractivity (Wildman–Crippen MR) is 108 cm³/mol. The van der Waals surface area contributed by atoms with Crippen molar-refractivity contribution >= 4 is 54.0 Å². The van der Waals surface area contributed by atoms with Gasteiger partial charge in [-0.2, -0.15) is 21.3 Å². The Kier molecular flexibility index (Phi) is 7.25. The van der Waals surface area contributed by atoms with Crippen molar-refractivity contribution in [2.75, 3.05) is 13.3 Å². The number of aliphatic imine (C=N–C) groups is 3. The molecule has 3 aliphatic heterocycles. The number of aliphatic hydroxyl groups is 2. The summed E-state index contributed by atoms with van der Waals surface area (Å²) in [6.07, 6.45) is -2.53. The minimum atomic E-state index is -5.68. The van der Waals surface area contributed by atoms with Crippen LogP contribution in [0.25, 0.3) is 0 Å².